The van der Waals surface area contributed by atoms with Gasteiger partial charge in [0.25, 0.3) is 0 Å². The summed E-state index contributed by atoms with van der Waals surface area (Å²) in [6.45, 7) is 5.96. The number of rotatable bonds is 10. The van der Waals surface area contributed by atoms with Crippen LogP contribution < -0.4 is 9.80 Å². The Balaban J connectivity index is 1.48. The summed E-state index contributed by atoms with van der Waals surface area (Å²) in [6, 6.07) is 11.6. The highest BCUT2D eigenvalue weighted by Crippen LogP contribution is 2.36. The Morgan fingerprint density at radius 2 is 1.77 bits per heavy atom. The van der Waals surface area contributed by atoms with E-state index in [4.69, 9.17) is 4.52 Å². The van der Waals surface area contributed by atoms with Crippen molar-refractivity contribution < 1.29 is 27.6 Å². The third kappa shape index (κ3) is 7.15. The third-order valence-corrected chi connectivity index (χ3v) is 8.80. The van der Waals surface area contributed by atoms with Crippen molar-refractivity contribution in [2.24, 2.45) is 11.8 Å². The van der Waals surface area contributed by atoms with Crippen LogP contribution in [0.1, 0.15) is 78.1 Å². The molecule has 3 aromatic rings. The molecule has 0 unspecified atom stereocenters. The van der Waals surface area contributed by atoms with Crippen LogP contribution in [0.2, 0.25) is 0 Å². The maximum atomic E-state index is 13.7. The minimum atomic E-state index is -4.58. The quantitative estimate of drug-likeness (QED) is 0.264. The number of carbonyl (C=O) groups is 1. The molecule has 1 N–H and O–H groups in total. The van der Waals surface area contributed by atoms with Gasteiger partial charge in [0.05, 0.1) is 28.8 Å². The molecule has 0 radical (unpaired) electrons. The first kappa shape index (κ1) is 30.5. The molecule has 0 saturated heterocycles. The summed E-state index contributed by atoms with van der Waals surface area (Å²) in [4.78, 5) is 15.7. The molecule has 1 heterocycles. The highest BCUT2D eigenvalue weighted by atomic mass is 19.4. The number of alkyl halides is 3. The van der Waals surface area contributed by atoms with Gasteiger partial charge < -0.3 is 19.4 Å². The summed E-state index contributed by atoms with van der Waals surface area (Å²) in [5.41, 5.74) is 4.85. The first-order chi connectivity index (χ1) is 20.5. The Labute approximate surface area is 249 Å². The van der Waals surface area contributed by atoms with E-state index < -0.39 is 17.7 Å². The Morgan fingerprint density at radius 1 is 1.05 bits per heavy atom. The van der Waals surface area contributed by atoms with Gasteiger partial charge in [0.1, 0.15) is 0 Å². The van der Waals surface area contributed by atoms with Gasteiger partial charge >= 0.3 is 12.1 Å². The first-order valence-corrected chi connectivity index (χ1v) is 15.0. The zero-order chi connectivity index (χ0) is 30.7. The van der Waals surface area contributed by atoms with Gasteiger partial charge in [-0.25, -0.2) is 0 Å². The van der Waals surface area contributed by atoms with E-state index in [0.29, 0.717) is 42.4 Å². The number of halogens is 3. The summed E-state index contributed by atoms with van der Waals surface area (Å²) < 4.78 is 46.6. The second-order valence-corrected chi connectivity index (χ2v) is 11.9. The maximum absolute atomic E-state index is 13.7. The second-order valence-electron chi connectivity index (χ2n) is 11.9. The molecule has 43 heavy (non-hydrogen) atoms. The fourth-order valence-corrected chi connectivity index (χ4v) is 6.53. The van der Waals surface area contributed by atoms with Crippen molar-refractivity contribution in [1.29, 1.82) is 5.26 Å². The number of hydrogen-bond acceptors (Lipinski definition) is 6. The molecule has 2 aliphatic carbocycles. The van der Waals surface area contributed by atoms with Crippen molar-refractivity contribution in [2.45, 2.75) is 78.1 Å². The molecule has 0 spiro atoms. The van der Waals surface area contributed by atoms with Gasteiger partial charge in [0.15, 0.2) is 0 Å². The Bertz CT molecular complexity index is 1500. The largest absolute Gasteiger partial charge is 0.481 e. The molecule has 1 saturated carbocycles. The molecule has 1 fully saturated rings. The van der Waals surface area contributed by atoms with Crippen LogP contribution >= 0.6 is 0 Å². The Hall–Kier alpha value is -4.00. The monoisotopic (exact) mass is 594 g/mol. The number of carboxylic acids is 1. The van der Waals surface area contributed by atoms with E-state index in [1.807, 2.05) is 11.0 Å². The molecule has 10 heteroatoms. The molecular weight excluding hydrogens is 557 g/mol. The van der Waals surface area contributed by atoms with E-state index in [1.165, 1.54) is 17.2 Å². The lowest BCUT2D eigenvalue weighted by atomic mass is 9.81. The maximum Gasteiger partial charge on any atom is 0.416 e. The number of carboxylic acid groups (broad SMARTS) is 1. The first-order valence-electron chi connectivity index (χ1n) is 15.0. The minimum Gasteiger partial charge on any atom is -0.481 e. The number of hydrogen-bond donors (Lipinski definition) is 1. The lowest BCUT2D eigenvalue weighted by Crippen LogP contribution is -2.34. The van der Waals surface area contributed by atoms with Gasteiger partial charge in [0.2, 0.25) is 5.88 Å². The second kappa shape index (κ2) is 12.7. The van der Waals surface area contributed by atoms with Gasteiger partial charge in [-0.1, -0.05) is 11.2 Å². The van der Waals surface area contributed by atoms with E-state index in [2.05, 4.69) is 29.1 Å². The topological polar surface area (TPSA) is 93.6 Å². The summed E-state index contributed by atoms with van der Waals surface area (Å²) in [5.74, 6) is -0.149. The number of aromatic nitrogens is 1. The van der Waals surface area contributed by atoms with Crippen molar-refractivity contribution in [3.8, 4) is 6.07 Å². The lowest BCUT2D eigenvalue weighted by molar-refractivity contribution is -0.143. The predicted molar refractivity (Wildman–Crippen MR) is 157 cm³/mol. The number of aliphatic carboxylic acids is 1. The normalized spacial score (nSPS) is 18.2. The lowest BCUT2D eigenvalue weighted by Gasteiger charge is -2.34. The van der Waals surface area contributed by atoms with Crippen molar-refractivity contribution >= 4 is 17.5 Å². The minimum absolute atomic E-state index is 0.0495. The smallest absolute Gasteiger partial charge is 0.416 e. The fraction of sp³-hybridized carbons (Fsp3) is 0.485. The summed E-state index contributed by atoms with van der Waals surface area (Å²) in [5, 5.41) is 22.9. The standard InChI is InChI=1S/C33H37F3N4O3/c1-3-39(18-22-7-9-25(10-8-22)32(41)42)30-16-27-6-4-5-26(27)15-28(30)20-40(31-11-21(2)38-43-31)19-24-12-23(17-37)13-29(14-24)33(34,35)36/h11-16,22,25H,3-10,18-20H2,1-2H3,(H,41,42)/t22-,25-. The van der Waals surface area contributed by atoms with E-state index in [9.17, 15) is 28.3 Å². The Kier molecular flexibility index (Phi) is 9.00. The van der Waals surface area contributed by atoms with Crippen LogP contribution in [-0.2, 0) is 36.9 Å². The number of anilines is 2. The average Bonchev–Trinajstić information content (AvgIpc) is 3.63. The van der Waals surface area contributed by atoms with E-state index in [0.717, 1.165) is 68.6 Å². The van der Waals surface area contributed by atoms with Gasteiger partial charge in [-0.05, 0) is 111 Å². The highest BCUT2D eigenvalue weighted by Gasteiger charge is 2.32. The van der Waals surface area contributed by atoms with Crippen LogP contribution in [0.25, 0.3) is 0 Å². The zero-order valence-electron chi connectivity index (χ0n) is 24.6. The van der Waals surface area contributed by atoms with E-state index in [1.54, 1.807) is 13.0 Å². The van der Waals surface area contributed by atoms with E-state index >= 15 is 0 Å². The number of benzene rings is 2. The summed E-state index contributed by atoms with van der Waals surface area (Å²) in [7, 11) is 0. The van der Waals surface area contributed by atoms with Crippen molar-refractivity contribution in [1.82, 2.24) is 5.16 Å². The van der Waals surface area contributed by atoms with Crippen LogP contribution in [0, 0.1) is 30.1 Å². The van der Waals surface area contributed by atoms with Crippen molar-refractivity contribution in [3.63, 3.8) is 0 Å². The van der Waals surface area contributed by atoms with E-state index in [-0.39, 0.29) is 18.0 Å². The summed E-state index contributed by atoms with van der Waals surface area (Å²) >= 11 is 0. The highest BCUT2D eigenvalue weighted by molar-refractivity contribution is 5.70. The molecule has 0 aliphatic heterocycles. The molecule has 5 rings (SSSR count). The predicted octanol–water partition coefficient (Wildman–Crippen LogP) is 7.29. The van der Waals surface area contributed by atoms with Gasteiger partial charge in [-0.2, -0.15) is 18.4 Å². The SMILES string of the molecule is CCN(C[C@H]1CC[C@H](C(=O)O)CC1)c1cc2c(cc1CN(Cc1cc(C#N)cc(C(F)(F)F)c1)c1cc(C)no1)CCC2. The van der Waals surface area contributed by atoms with Crippen molar-refractivity contribution in [3.05, 3.63) is 75.5 Å². The summed E-state index contributed by atoms with van der Waals surface area (Å²) in [6.07, 6.45) is 1.61. The number of aryl methyl sites for hydroxylation is 3. The molecular formula is C33H37F3N4O3. The van der Waals surface area contributed by atoms with Crippen molar-refractivity contribution in [2.75, 3.05) is 22.9 Å². The number of nitriles is 1. The van der Waals surface area contributed by atoms with Gasteiger partial charge in [-0.3, -0.25) is 4.79 Å². The third-order valence-electron chi connectivity index (χ3n) is 8.80. The zero-order valence-corrected chi connectivity index (χ0v) is 24.6. The molecule has 0 atom stereocenters. The molecule has 0 amide bonds. The van der Waals surface area contributed by atoms with Crippen LogP contribution in [0.15, 0.2) is 40.9 Å². The number of nitrogens with zero attached hydrogens (tertiary/aromatic N) is 4. The molecule has 2 aromatic carbocycles. The van der Waals surface area contributed by atoms with Crippen LogP contribution in [0.5, 0.6) is 0 Å². The van der Waals surface area contributed by atoms with Crippen LogP contribution in [-0.4, -0.2) is 29.3 Å². The van der Waals surface area contributed by atoms with Crippen LogP contribution in [0.4, 0.5) is 24.7 Å². The number of fused-ring (bicyclic) bond motifs is 1. The van der Waals surface area contributed by atoms with Gasteiger partial charge in [0, 0.05) is 37.9 Å². The molecule has 228 valence electrons. The van der Waals surface area contributed by atoms with Crippen LogP contribution in [0.3, 0.4) is 0 Å². The molecule has 2 aliphatic rings. The Morgan fingerprint density at radius 3 is 2.37 bits per heavy atom. The molecule has 1 aromatic heterocycles. The fourth-order valence-electron chi connectivity index (χ4n) is 6.53. The molecule has 0 bridgehead atoms. The van der Waals surface area contributed by atoms with Gasteiger partial charge in [-0.15, -0.1) is 0 Å². The molecule has 7 nitrogen and oxygen atoms in total. The average molecular weight is 595 g/mol.